The molecule has 3 aromatic carbocycles. The number of carbonyl (C=O) groups is 1. The molecule has 4 rings (SSSR count). The number of carboxylic acid groups (broad SMARTS) is 1. The monoisotopic (exact) mass is 496 g/mol. The van der Waals surface area contributed by atoms with Gasteiger partial charge >= 0.3 is 5.97 Å². The van der Waals surface area contributed by atoms with E-state index in [1.54, 1.807) is 31.2 Å². The largest absolute Gasteiger partial charge is 0.481 e. The van der Waals surface area contributed by atoms with E-state index in [2.05, 4.69) is 26.0 Å². The molecule has 0 spiro atoms. The van der Waals surface area contributed by atoms with Gasteiger partial charge in [0.05, 0.1) is 23.0 Å². The molecule has 0 radical (unpaired) electrons. The summed E-state index contributed by atoms with van der Waals surface area (Å²) in [5, 5.41) is 9.35. The number of hydrogen-bond donors (Lipinski definition) is 1. The summed E-state index contributed by atoms with van der Waals surface area (Å²) in [7, 11) is -2.09. The van der Waals surface area contributed by atoms with Crippen molar-refractivity contribution in [1.29, 1.82) is 0 Å². The lowest BCUT2D eigenvalue weighted by Crippen LogP contribution is -2.37. The molecule has 8 heteroatoms. The lowest BCUT2D eigenvalue weighted by molar-refractivity contribution is -0.137. The van der Waals surface area contributed by atoms with Gasteiger partial charge in [-0.05, 0) is 78.6 Å². The van der Waals surface area contributed by atoms with E-state index in [9.17, 15) is 22.7 Å². The number of carboxylic acids is 1. The topological polar surface area (TPSA) is 77.9 Å². The maximum absolute atomic E-state index is 14.0. The van der Waals surface area contributed by atoms with E-state index in [0.29, 0.717) is 17.2 Å². The highest BCUT2D eigenvalue weighted by Gasteiger charge is 2.43. The Morgan fingerprint density at radius 2 is 1.74 bits per heavy atom. The third-order valence-corrected chi connectivity index (χ3v) is 8.59. The Kier molecular flexibility index (Phi) is 6.60. The molecule has 0 aliphatic carbocycles. The Bertz CT molecular complexity index is 1360. The van der Waals surface area contributed by atoms with Crippen molar-refractivity contribution in [3.05, 3.63) is 83.7 Å². The van der Waals surface area contributed by atoms with Gasteiger partial charge in [0.15, 0.2) is 0 Å². The Balaban J connectivity index is 1.67. The number of nitrogens with zero attached hydrogens (tertiary/aromatic N) is 2. The zero-order chi connectivity index (χ0) is 25.5. The SMILES string of the molecule is CC(C)c1cccc(N(C)c2ccc(S(=O)(=O)N3c4ccc(F)cc4C(CC(=O)O)C3C)cc2)c1. The molecular weight excluding hydrogens is 467 g/mol. The van der Waals surface area contributed by atoms with Gasteiger partial charge in [0, 0.05) is 24.3 Å². The van der Waals surface area contributed by atoms with Gasteiger partial charge in [-0.1, -0.05) is 26.0 Å². The average molecular weight is 497 g/mol. The highest BCUT2D eigenvalue weighted by molar-refractivity contribution is 7.92. The van der Waals surface area contributed by atoms with Gasteiger partial charge in [0.2, 0.25) is 0 Å². The lowest BCUT2D eigenvalue weighted by Gasteiger charge is -2.27. The van der Waals surface area contributed by atoms with Crippen molar-refractivity contribution in [2.75, 3.05) is 16.3 Å². The fraction of sp³-hybridized carbons (Fsp3) is 0.296. The van der Waals surface area contributed by atoms with Crippen LogP contribution in [0.4, 0.5) is 21.5 Å². The molecule has 6 nitrogen and oxygen atoms in total. The van der Waals surface area contributed by atoms with E-state index in [1.165, 1.54) is 28.1 Å². The summed E-state index contributed by atoms with van der Waals surface area (Å²) < 4.78 is 42.5. The number of sulfonamides is 1. The molecule has 0 saturated heterocycles. The second kappa shape index (κ2) is 9.34. The first-order valence-corrected chi connectivity index (χ1v) is 12.9. The van der Waals surface area contributed by atoms with Crippen LogP contribution < -0.4 is 9.21 Å². The predicted molar refractivity (Wildman–Crippen MR) is 136 cm³/mol. The zero-order valence-corrected chi connectivity index (χ0v) is 21.0. The van der Waals surface area contributed by atoms with Gasteiger partial charge in [-0.15, -0.1) is 0 Å². The lowest BCUT2D eigenvalue weighted by atomic mass is 9.93. The van der Waals surface area contributed by atoms with Gasteiger partial charge in [0.1, 0.15) is 5.82 Å². The summed E-state index contributed by atoms with van der Waals surface area (Å²) >= 11 is 0. The smallest absolute Gasteiger partial charge is 0.304 e. The summed E-state index contributed by atoms with van der Waals surface area (Å²) in [5.41, 5.74) is 3.74. The van der Waals surface area contributed by atoms with Crippen LogP contribution >= 0.6 is 0 Å². The Labute approximate surface area is 205 Å². The molecule has 0 amide bonds. The van der Waals surface area contributed by atoms with E-state index in [1.807, 2.05) is 24.1 Å². The van der Waals surface area contributed by atoms with Gasteiger partial charge in [-0.25, -0.2) is 12.8 Å². The zero-order valence-electron chi connectivity index (χ0n) is 20.1. The van der Waals surface area contributed by atoms with Gasteiger partial charge in [-0.2, -0.15) is 0 Å². The van der Waals surface area contributed by atoms with Crippen LogP contribution in [0.1, 0.15) is 50.2 Å². The van der Waals surface area contributed by atoms with Gasteiger partial charge in [0.25, 0.3) is 10.0 Å². The summed E-state index contributed by atoms with van der Waals surface area (Å²) in [5.74, 6) is -1.85. The molecule has 2 atom stereocenters. The predicted octanol–water partition coefficient (Wildman–Crippen LogP) is 5.87. The summed E-state index contributed by atoms with van der Waals surface area (Å²) in [6.07, 6.45) is -0.289. The number of fused-ring (bicyclic) bond motifs is 1. The molecule has 1 aliphatic rings. The number of benzene rings is 3. The molecule has 1 N–H and O–H groups in total. The van der Waals surface area contributed by atoms with Crippen LogP contribution in [0.25, 0.3) is 0 Å². The maximum Gasteiger partial charge on any atom is 0.304 e. The quantitative estimate of drug-likeness (QED) is 0.442. The highest BCUT2D eigenvalue weighted by atomic mass is 32.2. The minimum atomic E-state index is -4.01. The molecule has 3 aromatic rings. The summed E-state index contributed by atoms with van der Waals surface area (Å²) in [6, 6.07) is 17.9. The van der Waals surface area contributed by atoms with Gasteiger partial charge in [-0.3, -0.25) is 9.10 Å². The third kappa shape index (κ3) is 4.62. The van der Waals surface area contributed by atoms with E-state index >= 15 is 0 Å². The van der Waals surface area contributed by atoms with Crippen LogP contribution in [0, 0.1) is 5.82 Å². The van der Waals surface area contributed by atoms with Crippen molar-refractivity contribution >= 4 is 33.1 Å². The van der Waals surface area contributed by atoms with Gasteiger partial charge < -0.3 is 10.0 Å². The minimum absolute atomic E-state index is 0.0867. The Morgan fingerprint density at radius 1 is 1.06 bits per heavy atom. The van der Waals surface area contributed by atoms with Crippen LogP contribution in [0.2, 0.25) is 0 Å². The molecule has 184 valence electrons. The normalized spacial score (nSPS) is 17.5. The molecule has 0 fully saturated rings. The van der Waals surface area contributed by atoms with E-state index in [4.69, 9.17) is 0 Å². The molecule has 0 aromatic heterocycles. The molecule has 1 heterocycles. The minimum Gasteiger partial charge on any atom is -0.481 e. The summed E-state index contributed by atoms with van der Waals surface area (Å²) in [6.45, 7) is 5.92. The van der Waals surface area contributed by atoms with E-state index < -0.39 is 33.8 Å². The van der Waals surface area contributed by atoms with Crippen molar-refractivity contribution in [2.24, 2.45) is 0 Å². The fourth-order valence-corrected chi connectivity index (χ4v) is 6.40. The van der Waals surface area contributed by atoms with Crippen molar-refractivity contribution in [3.63, 3.8) is 0 Å². The van der Waals surface area contributed by atoms with Crippen LogP contribution in [-0.2, 0) is 14.8 Å². The van der Waals surface area contributed by atoms with Crippen molar-refractivity contribution in [2.45, 2.75) is 50.0 Å². The number of rotatable bonds is 7. The molecular formula is C27H29FN2O4S. The van der Waals surface area contributed by atoms with Crippen LogP contribution in [0.3, 0.4) is 0 Å². The van der Waals surface area contributed by atoms with Crippen molar-refractivity contribution < 1.29 is 22.7 Å². The molecule has 35 heavy (non-hydrogen) atoms. The summed E-state index contributed by atoms with van der Waals surface area (Å²) in [4.78, 5) is 13.5. The third-order valence-electron chi connectivity index (χ3n) is 6.68. The number of halogens is 1. The Hall–Kier alpha value is -3.39. The Morgan fingerprint density at radius 3 is 2.37 bits per heavy atom. The second-order valence-electron chi connectivity index (χ2n) is 9.25. The average Bonchev–Trinajstić information content (AvgIpc) is 3.09. The first kappa shape index (κ1) is 24.7. The number of hydrogen-bond acceptors (Lipinski definition) is 4. The second-order valence-corrected chi connectivity index (χ2v) is 11.1. The molecule has 1 aliphatic heterocycles. The van der Waals surface area contributed by atoms with Crippen LogP contribution in [-0.4, -0.2) is 32.6 Å². The van der Waals surface area contributed by atoms with Crippen molar-refractivity contribution in [1.82, 2.24) is 0 Å². The van der Waals surface area contributed by atoms with Crippen molar-refractivity contribution in [3.8, 4) is 0 Å². The van der Waals surface area contributed by atoms with E-state index in [0.717, 1.165) is 11.4 Å². The molecule has 0 saturated carbocycles. The molecule has 2 unspecified atom stereocenters. The van der Waals surface area contributed by atoms with E-state index in [-0.39, 0.29) is 11.3 Å². The maximum atomic E-state index is 14.0. The number of anilines is 3. The molecule has 0 bridgehead atoms. The standard InChI is InChI=1S/C27H29FN2O4S/c1-17(2)19-6-5-7-22(14-19)29(4)21-9-11-23(12-10-21)35(33,34)30-18(3)24(16-27(31)32)25-15-20(28)8-13-26(25)30/h5-15,17-18,24H,16H2,1-4H3,(H,31,32). The van der Waals surface area contributed by atoms with Crippen LogP contribution in [0.15, 0.2) is 71.6 Å². The highest BCUT2D eigenvalue weighted by Crippen LogP contribution is 2.46. The first-order chi connectivity index (χ1) is 16.5. The first-order valence-electron chi connectivity index (χ1n) is 11.5. The van der Waals surface area contributed by atoms with Crippen LogP contribution in [0.5, 0.6) is 0 Å². The number of aliphatic carboxylic acids is 1. The fourth-order valence-electron chi connectivity index (χ4n) is 4.68.